The number of nitrogens with two attached hydrogens (primary N) is 1. The largest absolute Gasteiger partial charge is 0.490 e. The van der Waals surface area contributed by atoms with Crippen LogP contribution in [0.15, 0.2) is 23.2 Å². The lowest BCUT2D eigenvalue weighted by Crippen LogP contribution is -2.55. The van der Waals surface area contributed by atoms with Crippen molar-refractivity contribution in [3.63, 3.8) is 0 Å². The number of nitrogens with zero attached hydrogens (tertiary/aromatic N) is 1. The van der Waals surface area contributed by atoms with Gasteiger partial charge in [0.25, 0.3) is 0 Å². The van der Waals surface area contributed by atoms with Gasteiger partial charge in [0, 0.05) is 23.6 Å². The fourth-order valence-corrected chi connectivity index (χ4v) is 3.23. The maximum Gasteiger partial charge on any atom is 0.193 e. The highest BCUT2D eigenvalue weighted by Crippen LogP contribution is 2.45. The summed E-state index contributed by atoms with van der Waals surface area (Å²) in [5.41, 5.74) is 6.95. The molecule has 0 spiro atoms. The highest BCUT2D eigenvalue weighted by molar-refractivity contribution is 14.0. The van der Waals surface area contributed by atoms with Gasteiger partial charge in [-0.15, -0.1) is 24.0 Å². The van der Waals surface area contributed by atoms with Gasteiger partial charge in [-0.3, -0.25) is 0 Å². The lowest BCUT2D eigenvalue weighted by Gasteiger charge is -2.50. The number of rotatable bonds is 4. The summed E-state index contributed by atoms with van der Waals surface area (Å²) in [6.07, 6.45) is 2.24. The van der Waals surface area contributed by atoms with Gasteiger partial charge in [0.2, 0.25) is 0 Å². The molecule has 0 bridgehead atoms. The van der Waals surface area contributed by atoms with E-state index >= 15 is 0 Å². The smallest absolute Gasteiger partial charge is 0.193 e. The molecule has 1 aromatic carbocycles. The lowest BCUT2D eigenvalue weighted by molar-refractivity contribution is -0.129. The second-order valence-electron chi connectivity index (χ2n) is 7.60. The fourth-order valence-electron chi connectivity index (χ4n) is 3.23. The van der Waals surface area contributed by atoms with E-state index < -0.39 is 0 Å². The summed E-state index contributed by atoms with van der Waals surface area (Å²) in [6, 6.07) is 5.88. The zero-order valence-electron chi connectivity index (χ0n) is 16.0. The predicted octanol–water partition coefficient (Wildman–Crippen LogP) is 3.78. The molecule has 1 saturated carbocycles. The molecule has 2 aliphatic rings. The van der Waals surface area contributed by atoms with E-state index in [9.17, 15) is 0 Å². The van der Waals surface area contributed by atoms with Crippen LogP contribution in [0.3, 0.4) is 0 Å². The summed E-state index contributed by atoms with van der Waals surface area (Å²) in [5, 5.41) is 3.16. The number of fused-ring (bicyclic) bond motifs is 1. The van der Waals surface area contributed by atoms with Crippen LogP contribution in [0.1, 0.15) is 40.5 Å². The van der Waals surface area contributed by atoms with Crippen molar-refractivity contribution in [1.82, 2.24) is 0 Å². The topological polar surface area (TPSA) is 78.1 Å². The fraction of sp³-hybridized carbons (Fsp3) is 0.632. The van der Waals surface area contributed by atoms with Crippen molar-refractivity contribution < 1.29 is 14.2 Å². The normalized spacial score (nSPS) is 24.3. The Morgan fingerprint density at radius 2 is 1.96 bits per heavy atom. The number of guanidine groups is 1. The second kappa shape index (κ2) is 8.65. The summed E-state index contributed by atoms with van der Waals surface area (Å²) < 4.78 is 17.3. The average molecular weight is 475 g/mol. The number of ether oxygens (including phenoxy) is 3. The Hall–Kier alpha value is -1.22. The predicted molar refractivity (Wildman–Crippen MR) is 115 cm³/mol. The number of anilines is 1. The maximum atomic E-state index is 6.12. The molecule has 3 N–H and O–H groups in total. The Balaban J connectivity index is 0.00000243. The molecule has 1 aliphatic heterocycles. The van der Waals surface area contributed by atoms with E-state index in [0.29, 0.717) is 19.2 Å². The molecule has 1 aromatic rings. The lowest BCUT2D eigenvalue weighted by atomic mass is 9.64. The van der Waals surface area contributed by atoms with Gasteiger partial charge in [-0.1, -0.05) is 13.8 Å². The first-order valence-corrected chi connectivity index (χ1v) is 9.01. The molecule has 2 unspecified atom stereocenters. The third-order valence-electron chi connectivity index (χ3n) is 4.88. The van der Waals surface area contributed by atoms with E-state index in [-0.39, 0.29) is 47.6 Å². The van der Waals surface area contributed by atoms with E-state index in [1.807, 2.05) is 18.2 Å². The first-order valence-electron chi connectivity index (χ1n) is 9.01. The second-order valence-corrected chi connectivity index (χ2v) is 7.60. The van der Waals surface area contributed by atoms with Gasteiger partial charge < -0.3 is 25.3 Å². The summed E-state index contributed by atoms with van der Waals surface area (Å²) in [4.78, 5) is 4.65. The van der Waals surface area contributed by atoms with Gasteiger partial charge in [-0.25, -0.2) is 4.99 Å². The number of benzene rings is 1. The standard InChI is InChI=1S/C19H29N3O3.HI/c1-12(2)25-17-11-16(19(17,3)4)22-18(20)21-13-6-7-14-15(10-13)24-9-5-8-23-14;/h6-7,10,12,16-17H,5,8-9,11H2,1-4H3,(H3,20,21,22);1H. The Bertz CT molecular complexity index is 649. The van der Waals surface area contributed by atoms with Gasteiger partial charge in [0.15, 0.2) is 17.5 Å². The van der Waals surface area contributed by atoms with Crippen LogP contribution in [0.4, 0.5) is 5.69 Å². The highest BCUT2D eigenvalue weighted by Gasteiger charge is 2.49. The van der Waals surface area contributed by atoms with Gasteiger partial charge in [-0.2, -0.15) is 0 Å². The van der Waals surface area contributed by atoms with Crippen LogP contribution >= 0.6 is 24.0 Å². The molecule has 146 valence electrons. The maximum absolute atomic E-state index is 6.12. The van der Waals surface area contributed by atoms with Gasteiger partial charge in [0.05, 0.1) is 31.5 Å². The Morgan fingerprint density at radius 1 is 1.27 bits per heavy atom. The van der Waals surface area contributed by atoms with E-state index in [1.54, 1.807) is 0 Å². The summed E-state index contributed by atoms with van der Waals surface area (Å²) in [5.74, 6) is 1.92. The van der Waals surface area contributed by atoms with E-state index in [0.717, 1.165) is 30.0 Å². The molecule has 2 atom stereocenters. The van der Waals surface area contributed by atoms with Crippen molar-refractivity contribution in [3.8, 4) is 11.5 Å². The molecule has 0 saturated heterocycles. The Kier molecular flexibility index (Phi) is 7.01. The van der Waals surface area contributed by atoms with Crippen LogP contribution < -0.4 is 20.5 Å². The van der Waals surface area contributed by atoms with Crippen LogP contribution in [0.2, 0.25) is 0 Å². The molecular formula is C19H30IN3O3. The SMILES string of the molecule is CC(C)OC1CC(N=C(N)Nc2ccc3c(c2)OCCCO3)C1(C)C.I. The van der Waals surface area contributed by atoms with Crippen molar-refractivity contribution in [2.75, 3.05) is 18.5 Å². The van der Waals surface area contributed by atoms with Gasteiger partial charge >= 0.3 is 0 Å². The number of hydrogen-bond donors (Lipinski definition) is 2. The third kappa shape index (κ3) is 4.73. The molecule has 3 rings (SSSR count). The Labute approximate surface area is 172 Å². The molecule has 1 aliphatic carbocycles. The van der Waals surface area contributed by atoms with E-state index in [4.69, 9.17) is 19.9 Å². The Morgan fingerprint density at radius 3 is 2.62 bits per heavy atom. The monoisotopic (exact) mass is 475 g/mol. The minimum atomic E-state index is -0.0126. The third-order valence-corrected chi connectivity index (χ3v) is 4.88. The quantitative estimate of drug-likeness (QED) is 0.394. The van der Waals surface area contributed by atoms with E-state index in [1.165, 1.54) is 0 Å². The van der Waals surface area contributed by atoms with Gasteiger partial charge in [-0.05, 0) is 32.4 Å². The minimum absolute atomic E-state index is 0. The number of nitrogens with one attached hydrogen (secondary N) is 1. The molecule has 26 heavy (non-hydrogen) atoms. The molecular weight excluding hydrogens is 445 g/mol. The molecule has 1 fully saturated rings. The van der Waals surface area contributed by atoms with Crippen molar-refractivity contribution in [1.29, 1.82) is 0 Å². The van der Waals surface area contributed by atoms with Crippen LogP contribution in [0.5, 0.6) is 11.5 Å². The van der Waals surface area contributed by atoms with Crippen molar-refractivity contribution in [3.05, 3.63) is 18.2 Å². The molecule has 1 heterocycles. The first kappa shape index (κ1) is 21.1. The van der Waals surface area contributed by atoms with E-state index in [2.05, 4.69) is 38.0 Å². The van der Waals surface area contributed by atoms with Crippen LogP contribution in [0, 0.1) is 5.41 Å². The van der Waals surface area contributed by atoms with Crippen molar-refractivity contribution >= 4 is 35.6 Å². The average Bonchev–Trinajstić information content (AvgIpc) is 2.78. The van der Waals surface area contributed by atoms with Crippen molar-refractivity contribution in [2.45, 2.75) is 58.8 Å². The molecule has 0 amide bonds. The highest BCUT2D eigenvalue weighted by atomic mass is 127. The molecule has 6 nitrogen and oxygen atoms in total. The zero-order chi connectivity index (χ0) is 18.0. The van der Waals surface area contributed by atoms with Crippen LogP contribution in [0.25, 0.3) is 0 Å². The number of hydrogen-bond acceptors (Lipinski definition) is 4. The molecule has 0 radical (unpaired) electrons. The number of halogens is 1. The molecule has 7 heteroatoms. The van der Waals surface area contributed by atoms with Crippen LogP contribution in [-0.2, 0) is 4.74 Å². The number of aliphatic imine (C=N–C) groups is 1. The summed E-state index contributed by atoms with van der Waals surface area (Å²) >= 11 is 0. The van der Waals surface area contributed by atoms with Crippen LogP contribution in [-0.4, -0.2) is 37.4 Å². The first-order chi connectivity index (χ1) is 11.9. The summed E-state index contributed by atoms with van der Waals surface area (Å²) in [7, 11) is 0. The van der Waals surface area contributed by atoms with Gasteiger partial charge in [0.1, 0.15) is 0 Å². The molecule has 0 aromatic heterocycles. The summed E-state index contributed by atoms with van der Waals surface area (Å²) in [6.45, 7) is 9.82. The zero-order valence-corrected chi connectivity index (χ0v) is 18.3. The van der Waals surface area contributed by atoms with Crippen molar-refractivity contribution in [2.24, 2.45) is 16.1 Å². The minimum Gasteiger partial charge on any atom is -0.490 e.